The highest BCUT2D eigenvalue weighted by Crippen LogP contribution is 2.36. The summed E-state index contributed by atoms with van der Waals surface area (Å²) in [5.74, 6) is 0. The molecule has 0 unspecified atom stereocenters. The highest BCUT2D eigenvalue weighted by molar-refractivity contribution is 7.89. The number of alkyl halides is 3. The van der Waals surface area contributed by atoms with Gasteiger partial charge in [-0.2, -0.15) is 24.5 Å². The van der Waals surface area contributed by atoms with Crippen LogP contribution < -0.4 is 4.72 Å². The molecule has 0 aliphatic carbocycles. The second kappa shape index (κ2) is 7.55. The van der Waals surface area contributed by atoms with Crippen molar-refractivity contribution >= 4 is 33.0 Å². The van der Waals surface area contributed by atoms with Crippen molar-refractivity contribution in [2.75, 3.05) is 0 Å². The van der Waals surface area contributed by atoms with Gasteiger partial charge in [-0.25, -0.2) is 13.1 Å². The third-order valence-corrected chi connectivity index (χ3v) is 5.96. The minimum atomic E-state index is -4.76. The van der Waals surface area contributed by atoms with Gasteiger partial charge < -0.3 is 0 Å². The SMILES string of the molecule is O=S(=O)(NCc1nccnc1-c1ccsc1)c1ccc(Cl)c(C(F)(F)F)c1. The van der Waals surface area contributed by atoms with Crippen LogP contribution >= 0.6 is 22.9 Å². The smallest absolute Gasteiger partial charge is 0.256 e. The number of nitrogens with zero attached hydrogens (tertiary/aromatic N) is 2. The Morgan fingerprint density at radius 2 is 1.89 bits per heavy atom. The van der Waals surface area contributed by atoms with Crippen LogP contribution in [0.15, 0.2) is 52.3 Å². The van der Waals surface area contributed by atoms with Gasteiger partial charge in [0.05, 0.1) is 33.4 Å². The largest absolute Gasteiger partial charge is 0.417 e. The van der Waals surface area contributed by atoms with E-state index in [1.54, 1.807) is 0 Å². The molecule has 142 valence electrons. The lowest BCUT2D eigenvalue weighted by Crippen LogP contribution is -2.24. The first-order chi connectivity index (χ1) is 12.7. The Bertz CT molecular complexity index is 1060. The number of rotatable bonds is 5. The Morgan fingerprint density at radius 1 is 1.15 bits per heavy atom. The zero-order chi connectivity index (χ0) is 19.7. The normalized spacial score (nSPS) is 12.3. The minimum Gasteiger partial charge on any atom is -0.256 e. The van der Waals surface area contributed by atoms with Gasteiger partial charge in [-0.05, 0) is 29.6 Å². The van der Waals surface area contributed by atoms with Gasteiger partial charge in [-0.15, -0.1) is 0 Å². The van der Waals surface area contributed by atoms with Crippen LogP contribution in [0.25, 0.3) is 11.3 Å². The summed E-state index contributed by atoms with van der Waals surface area (Å²) in [4.78, 5) is 7.77. The van der Waals surface area contributed by atoms with Crippen LogP contribution in [0.1, 0.15) is 11.3 Å². The third-order valence-electron chi connectivity index (χ3n) is 3.55. The van der Waals surface area contributed by atoms with E-state index in [4.69, 9.17) is 11.6 Å². The molecule has 2 aromatic heterocycles. The predicted molar refractivity (Wildman–Crippen MR) is 95.8 cm³/mol. The summed E-state index contributed by atoms with van der Waals surface area (Å²) < 4.78 is 66.0. The van der Waals surface area contributed by atoms with Crippen molar-refractivity contribution in [3.8, 4) is 11.3 Å². The van der Waals surface area contributed by atoms with Gasteiger partial charge in [-0.3, -0.25) is 9.97 Å². The van der Waals surface area contributed by atoms with Gasteiger partial charge in [-0.1, -0.05) is 11.6 Å². The fourth-order valence-corrected chi connectivity index (χ4v) is 4.15. The molecule has 0 aliphatic heterocycles. The van der Waals surface area contributed by atoms with Crippen LogP contribution in [0.5, 0.6) is 0 Å². The first-order valence-electron chi connectivity index (χ1n) is 7.37. The number of sulfonamides is 1. The fraction of sp³-hybridized carbons (Fsp3) is 0.125. The van der Waals surface area contributed by atoms with Crippen molar-refractivity contribution in [3.63, 3.8) is 0 Å². The molecule has 11 heteroatoms. The lowest BCUT2D eigenvalue weighted by atomic mass is 10.2. The van der Waals surface area contributed by atoms with E-state index in [2.05, 4.69) is 14.7 Å². The maximum Gasteiger partial charge on any atom is 0.417 e. The molecule has 0 fully saturated rings. The van der Waals surface area contributed by atoms with Gasteiger partial charge >= 0.3 is 6.18 Å². The van der Waals surface area contributed by atoms with Crippen LogP contribution in [-0.2, 0) is 22.7 Å². The quantitative estimate of drug-likeness (QED) is 0.649. The van der Waals surface area contributed by atoms with E-state index in [9.17, 15) is 21.6 Å². The second-order valence-electron chi connectivity index (χ2n) is 5.33. The second-order valence-corrected chi connectivity index (χ2v) is 8.28. The van der Waals surface area contributed by atoms with Crippen molar-refractivity contribution in [1.29, 1.82) is 0 Å². The highest BCUT2D eigenvalue weighted by atomic mass is 35.5. The summed E-state index contributed by atoms with van der Waals surface area (Å²) >= 11 is 6.97. The number of nitrogens with one attached hydrogen (secondary N) is 1. The summed E-state index contributed by atoms with van der Waals surface area (Å²) in [5.41, 5.74) is 0.400. The number of benzene rings is 1. The lowest BCUT2D eigenvalue weighted by molar-refractivity contribution is -0.137. The van der Waals surface area contributed by atoms with Gasteiger partial charge in [0.1, 0.15) is 0 Å². The Morgan fingerprint density at radius 3 is 2.56 bits per heavy atom. The van der Waals surface area contributed by atoms with Gasteiger partial charge in [0, 0.05) is 23.3 Å². The van der Waals surface area contributed by atoms with E-state index in [0.717, 1.165) is 17.7 Å². The maximum absolute atomic E-state index is 13.0. The molecule has 0 aliphatic rings. The molecule has 3 rings (SSSR count). The molecule has 0 amide bonds. The first kappa shape index (κ1) is 19.7. The molecule has 0 radical (unpaired) electrons. The molecule has 1 aromatic carbocycles. The van der Waals surface area contributed by atoms with Crippen LogP contribution in [0.2, 0.25) is 5.02 Å². The van der Waals surface area contributed by atoms with Crippen molar-refractivity contribution < 1.29 is 21.6 Å². The van der Waals surface area contributed by atoms with Crippen molar-refractivity contribution in [3.05, 3.63) is 63.7 Å². The number of aromatic nitrogens is 2. The first-order valence-corrected chi connectivity index (χ1v) is 10.2. The van der Waals surface area contributed by atoms with Gasteiger partial charge in [0.2, 0.25) is 10.0 Å². The zero-order valence-corrected chi connectivity index (χ0v) is 15.8. The lowest BCUT2D eigenvalue weighted by Gasteiger charge is -2.12. The molecule has 27 heavy (non-hydrogen) atoms. The molecule has 0 spiro atoms. The number of hydrogen-bond donors (Lipinski definition) is 1. The monoisotopic (exact) mass is 433 g/mol. The molecule has 0 saturated carbocycles. The molecule has 2 heterocycles. The standard InChI is InChI=1S/C16H11ClF3N3O2S2/c17-13-2-1-11(7-12(13)16(18,19)20)27(24,25)23-8-14-15(22-5-4-21-14)10-3-6-26-9-10/h1-7,9,23H,8H2. The molecule has 0 saturated heterocycles. The van der Waals surface area contributed by atoms with Crippen molar-refractivity contribution in [2.24, 2.45) is 0 Å². The summed E-state index contributed by atoms with van der Waals surface area (Å²) in [7, 11) is -4.22. The topological polar surface area (TPSA) is 72.0 Å². The van der Waals surface area contributed by atoms with E-state index in [1.807, 2.05) is 16.8 Å². The predicted octanol–water partition coefficient (Wildman–Crippen LogP) is 4.36. The number of halogens is 4. The molecule has 5 nitrogen and oxygen atoms in total. The van der Waals surface area contributed by atoms with Gasteiger partial charge in [0.15, 0.2) is 0 Å². The zero-order valence-electron chi connectivity index (χ0n) is 13.4. The highest BCUT2D eigenvalue weighted by Gasteiger charge is 2.34. The van der Waals surface area contributed by atoms with E-state index in [1.165, 1.54) is 23.7 Å². The van der Waals surface area contributed by atoms with Crippen molar-refractivity contribution in [2.45, 2.75) is 17.6 Å². The molecule has 3 aromatic rings. The Labute approximate surface area is 161 Å². The van der Waals surface area contributed by atoms with Crippen LogP contribution in [0, 0.1) is 0 Å². The Hall–Kier alpha value is -2.01. The Balaban J connectivity index is 1.87. The van der Waals surface area contributed by atoms with Crippen LogP contribution in [-0.4, -0.2) is 18.4 Å². The van der Waals surface area contributed by atoms with Gasteiger partial charge in [0.25, 0.3) is 0 Å². The molecule has 1 N–H and O–H groups in total. The van der Waals surface area contributed by atoms with Crippen LogP contribution in [0.4, 0.5) is 13.2 Å². The average molecular weight is 434 g/mol. The van der Waals surface area contributed by atoms with E-state index >= 15 is 0 Å². The summed E-state index contributed by atoms with van der Waals surface area (Å²) in [5, 5.41) is 3.09. The van der Waals surface area contributed by atoms with Crippen molar-refractivity contribution in [1.82, 2.24) is 14.7 Å². The van der Waals surface area contributed by atoms with E-state index in [0.29, 0.717) is 17.5 Å². The number of thiophene rings is 1. The third kappa shape index (κ3) is 4.46. The van der Waals surface area contributed by atoms with Crippen LogP contribution in [0.3, 0.4) is 0 Å². The minimum absolute atomic E-state index is 0.231. The Kier molecular flexibility index (Phi) is 5.52. The molecule has 0 atom stereocenters. The van der Waals surface area contributed by atoms with E-state index < -0.39 is 31.7 Å². The summed E-state index contributed by atoms with van der Waals surface area (Å²) in [6.07, 6.45) is -1.89. The molecular weight excluding hydrogens is 423 g/mol. The molecule has 0 bridgehead atoms. The maximum atomic E-state index is 13.0. The average Bonchev–Trinajstić information content (AvgIpc) is 3.14. The summed E-state index contributed by atoms with van der Waals surface area (Å²) in [6, 6.07) is 4.22. The molecular formula is C16H11ClF3N3O2S2. The summed E-state index contributed by atoms with van der Waals surface area (Å²) in [6.45, 7) is -0.231. The number of hydrogen-bond acceptors (Lipinski definition) is 5. The van der Waals surface area contributed by atoms with E-state index in [-0.39, 0.29) is 6.54 Å². The fourth-order valence-electron chi connectivity index (χ4n) is 2.27.